The fourth-order valence-corrected chi connectivity index (χ4v) is 13.0. The Labute approximate surface area is 394 Å². The van der Waals surface area contributed by atoms with E-state index in [0.29, 0.717) is 92.1 Å². The highest BCUT2D eigenvalue weighted by Crippen LogP contribution is 2.76. The summed E-state index contributed by atoms with van der Waals surface area (Å²) in [5.74, 6) is -0.314. The minimum atomic E-state index is -0.810. The van der Waals surface area contributed by atoms with E-state index in [1.165, 1.54) is 5.57 Å². The zero-order chi connectivity index (χ0) is 47.9. The molecule has 0 bridgehead atoms. The number of hydrogen-bond donors (Lipinski definition) is 1. The van der Waals surface area contributed by atoms with E-state index in [1.807, 2.05) is 0 Å². The van der Waals surface area contributed by atoms with Gasteiger partial charge in [0.05, 0.1) is 97.9 Å². The second kappa shape index (κ2) is 24.8. The Balaban J connectivity index is 1.22. The van der Waals surface area contributed by atoms with Crippen LogP contribution in [0.3, 0.4) is 0 Å². The van der Waals surface area contributed by atoms with Crippen LogP contribution >= 0.6 is 0 Å². The second-order valence-electron chi connectivity index (χ2n) is 21.0. The van der Waals surface area contributed by atoms with Crippen LogP contribution in [-0.2, 0) is 61.6 Å². The van der Waals surface area contributed by atoms with E-state index >= 15 is 0 Å². The van der Waals surface area contributed by atoms with Crippen LogP contribution in [0.15, 0.2) is 11.6 Å². The van der Waals surface area contributed by atoms with Gasteiger partial charge in [-0.25, -0.2) is 9.59 Å². The maximum Gasteiger partial charge on any atom is 0.508 e. The highest BCUT2D eigenvalue weighted by atomic mass is 16.7. The molecule has 0 aliphatic heterocycles. The molecule has 4 fully saturated rings. The largest absolute Gasteiger partial charge is 0.508 e. The van der Waals surface area contributed by atoms with Crippen molar-refractivity contribution in [1.29, 1.82) is 0 Å². The Kier molecular flexibility index (Phi) is 20.4. The van der Waals surface area contributed by atoms with Crippen LogP contribution in [0.25, 0.3) is 0 Å². The molecule has 1 N–H and O–H groups in total. The van der Waals surface area contributed by atoms with Crippen LogP contribution in [-0.4, -0.2) is 156 Å². The average Bonchev–Trinajstić information content (AvgIpc) is 3.27. The molecule has 0 heterocycles. The first-order chi connectivity index (χ1) is 31.5. The van der Waals surface area contributed by atoms with Crippen molar-refractivity contribution in [3.63, 3.8) is 0 Å². The van der Waals surface area contributed by atoms with Gasteiger partial charge in [0.2, 0.25) is 0 Å². The molecular weight excluding hydrogens is 857 g/mol. The summed E-state index contributed by atoms with van der Waals surface area (Å²) in [4.78, 5) is 39.7. The van der Waals surface area contributed by atoms with Crippen molar-refractivity contribution < 1.29 is 76.3 Å². The number of rotatable bonds is 28. The van der Waals surface area contributed by atoms with Gasteiger partial charge >= 0.3 is 18.3 Å². The fourth-order valence-electron chi connectivity index (χ4n) is 13.0. The minimum absolute atomic E-state index is 0.00814. The third-order valence-corrected chi connectivity index (χ3v) is 16.8. The van der Waals surface area contributed by atoms with E-state index in [9.17, 15) is 19.5 Å². The molecule has 0 aromatic heterocycles. The molecule has 380 valence electrons. The average molecular weight is 941 g/mol. The third kappa shape index (κ3) is 12.8. The predicted octanol–water partition coefficient (Wildman–Crippen LogP) is 7.92. The molecule has 4 saturated carbocycles. The Bertz CT molecular complexity index is 1570. The number of allylic oxidation sites excluding steroid dienone is 2. The Morgan fingerprint density at radius 3 is 1.61 bits per heavy atom. The summed E-state index contributed by atoms with van der Waals surface area (Å²) in [5, 5.41) is 10.8. The first kappa shape index (κ1) is 54.4. The van der Waals surface area contributed by atoms with E-state index in [2.05, 4.69) is 47.6 Å². The Morgan fingerprint density at radius 2 is 1.08 bits per heavy atom. The van der Waals surface area contributed by atoms with Crippen LogP contribution < -0.4 is 0 Å². The van der Waals surface area contributed by atoms with Crippen molar-refractivity contribution in [2.24, 2.45) is 50.2 Å². The normalized spacial score (nSPS) is 33.3. The summed E-state index contributed by atoms with van der Waals surface area (Å²) in [5.41, 5.74) is -0.468. The molecule has 66 heavy (non-hydrogen) atoms. The predicted molar refractivity (Wildman–Crippen MR) is 243 cm³/mol. The lowest BCUT2D eigenvalue weighted by molar-refractivity contribution is -0.219. The first-order valence-electron chi connectivity index (χ1n) is 24.5. The van der Waals surface area contributed by atoms with Gasteiger partial charge in [0.1, 0.15) is 25.9 Å². The number of carbonyl (C=O) groups excluding carboxylic acids is 2. The smallest absolute Gasteiger partial charge is 0.481 e. The molecule has 9 atom stereocenters. The molecule has 0 saturated heterocycles. The SMILES string of the molecule is COCCOCCOCCOCCOC(=O)OC[C@@]1(C)[C@@H]2CC[C@]3(C)[C@H](CC=C4[C@@H]5CC(C)(C)CC[C@]5(C(=O)O)CC[C@]43C)[C@@]2(C)CC[C@@H]1OC(=O)OCCOCCOCCOCCOC. The molecule has 5 aliphatic carbocycles. The van der Waals surface area contributed by atoms with E-state index in [0.717, 1.165) is 51.4 Å². The highest BCUT2D eigenvalue weighted by Gasteiger charge is 2.70. The van der Waals surface area contributed by atoms with E-state index < -0.39 is 35.2 Å². The number of hydrogen-bond acceptors (Lipinski definition) is 15. The van der Waals surface area contributed by atoms with Crippen LogP contribution in [0.5, 0.6) is 0 Å². The van der Waals surface area contributed by atoms with Gasteiger partial charge in [-0.15, -0.1) is 0 Å². The van der Waals surface area contributed by atoms with Gasteiger partial charge in [-0.3, -0.25) is 4.79 Å². The topological polar surface area (TPSA) is 182 Å². The molecule has 5 aliphatic rings. The molecular formula is C50H84O16. The van der Waals surface area contributed by atoms with E-state index in [-0.39, 0.29) is 72.4 Å². The lowest BCUT2D eigenvalue weighted by Gasteiger charge is -2.71. The van der Waals surface area contributed by atoms with Crippen molar-refractivity contribution in [2.75, 3.05) is 127 Å². The standard InChI is InChI=1S/C50H84O16/c1-45(2)15-17-50(42(51)52)18-16-48(5)37(38(50)35-45)9-10-40-46(3)13-12-41(66-44(54)64-34-32-62-30-28-60-26-24-58-22-20-56-8)47(4,39(46)11-14-49(40,48)6)36-65-43(53)63-33-31-61-29-27-59-25-23-57-21-19-55-7/h9,38-41H,10-36H2,1-8H3,(H,51,52)/t38-,39+,40+,41-,46-,47-,48+,49+,50-/m0/s1. The Hall–Kier alpha value is -2.57. The number of carbonyl (C=O) groups is 3. The zero-order valence-electron chi connectivity index (χ0n) is 41.5. The highest BCUT2D eigenvalue weighted by molar-refractivity contribution is 5.76. The van der Waals surface area contributed by atoms with Crippen molar-refractivity contribution in [3.8, 4) is 0 Å². The van der Waals surface area contributed by atoms with Gasteiger partial charge in [-0.2, -0.15) is 0 Å². The van der Waals surface area contributed by atoms with Gasteiger partial charge in [0.25, 0.3) is 0 Å². The summed E-state index contributed by atoms with van der Waals surface area (Å²) in [6.07, 6.45) is 8.33. The number of fused-ring (bicyclic) bond motifs is 7. The summed E-state index contributed by atoms with van der Waals surface area (Å²) in [6.45, 7) is 19.7. The van der Waals surface area contributed by atoms with Crippen molar-refractivity contribution in [2.45, 2.75) is 112 Å². The van der Waals surface area contributed by atoms with Gasteiger partial charge < -0.3 is 61.9 Å². The van der Waals surface area contributed by atoms with Gasteiger partial charge in [-0.05, 0) is 104 Å². The number of aliphatic carboxylic acids is 1. The van der Waals surface area contributed by atoms with Crippen molar-refractivity contribution >= 4 is 18.3 Å². The van der Waals surface area contributed by atoms with Crippen molar-refractivity contribution in [3.05, 3.63) is 11.6 Å². The maximum absolute atomic E-state index is 13.3. The lowest BCUT2D eigenvalue weighted by atomic mass is 9.33. The molecule has 0 amide bonds. The van der Waals surface area contributed by atoms with Gasteiger partial charge in [0, 0.05) is 19.6 Å². The summed E-state index contributed by atoms with van der Waals surface area (Å²) in [7, 11) is 3.25. The van der Waals surface area contributed by atoms with Gasteiger partial charge in [-0.1, -0.05) is 53.2 Å². The minimum Gasteiger partial charge on any atom is -0.481 e. The van der Waals surface area contributed by atoms with Gasteiger partial charge in [0.15, 0.2) is 0 Å². The van der Waals surface area contributed by atoms with Crippen LogP contribution in [0.4, 0.5) is 9.59 Å². The number of methoxy groups -OCH3 is 2. The van der Waals surface area contributed by atoms with Crippen molar-refractivity contribution in [1.82, 2.24) is 0 Å². The van der Waals surface area contributed by atoms with Crippen LogP contribution in [0.2, 0.25) is 0 Å². The summed E-state index contributed by atoms with van der Waals surface area (Å²) >= 11 is 0. The molecule has 0 unspecified atom stereocenters. The number of carboxylic acids is 1. The fraction of sp³-hybridized carbons (Fsp3) is 0.900. The zero-order valence-corrected chi connectivity index (χ0v) is 41.5. The maximum atomic E-state index is 13.3. The molecule has 16 nitrogen and oxygen atoms in total. The lowest BCUT2D eigenvalue weighted by Crippen LogP contribution is -2.66. The van der Waals surface area contributed by atoms with Crippen LogP contribution in [0.1, 0.15) is 106 Å². The third-order valence-electron chi connectivity index (χ3n) is 16.8. The molecule has 0 aromatic carbocycles. The number of carboxylic acid groups (broad SMARTS) is 1. The Morgan fingerprint density at radius 1 is 0.576 bits per heavy atom. The summed E-state index contributed by atoms with van der Waals surface area (Å²) in [6, 6.07) is 0. The molecule has 5 rings (SSSR count). The number of ether oxygens (including phenoxy) is 12. The molecule has 16 heteroatoms. The monoisotopic (exact) mass is 941 g/mol. The second-order valence-corrected chi connectivity index (χ2v) is 21.0. The summed E-state index contributed by atoms with van der Waals surface area (Å²) < 4.78 is 66.0. The first-order valence-corrected chi connectivity index (χ1v) is 24.5. The molecule has 0 aromatic rings. The molecule has 0 spiro atoms. The molecule has 0 radical (unpaired) electrons. The quantitative estimate of drug-likeness (QED) is 0.0453. The van der Waals surface area contributed by atoms with Crippen LogP contribution in [0, 0.1) is 50.2 Å². The van der Waals surface area contributed by atoms with E-state index in [4.69, 9.17) is 56.8 Å². The van der Waals surface area contributed by atoms with E-state index in [1.54, 1.807) is 14.2 Å².